The number of hydrogen-bond acceptors (Lipinski definition) is 9. The maximum Gasteiger partial charge on any atom is 1.00 e. The fourth-order valence-corrected chi connectivity index (χ4v) is 1.19. The zero-order chi connectivity index (χ0) is 13.3. The average Bonchev–Trinajstić information content (AvgIpc) is 2.24. The van der Waals surface area contributed by atoms with Gasteiger partial charge in [-0.15, -0.1) is 0 Å². The van der Waals surface area contributed by atoms with Crippen LogP contribution in [0.1, 0.15) is 0 Å². The molecule has 94 valence electrons. The summed E-state index contributed by atoms with van der Waals surface area (Å²) < 4.78 is 8.42. The molecule has 0 amide bonds. The Kier molecular flexibility index (Phi) is 26.2. The van der Waals surface area contributed by atoms with Gasteiger partial charge in [-0.1, -0.05) is 0 Å². The van der Waals surface area contributed by atoms with Crippen molar-refractivity contribution >= 4 is 65.0 Å². The van der Waals surface area contributed by atoms with Gasteiger partial charge in [0.05, 0.1) is 0 Å². The Balaban J connectivity index is -0.000000143. The van der Waals surface area contributed by atoms with Crippen molar-refractivity contribution < 1.29 is 100.0 Å². The van der Waals surface area contributed by atoms with Gasteiger partial charge in [-0.3, -0.25) is 0 Å². The van der Waals surface area contributed by atoms with Gasteiger partial charge in [0.15, 0.2) is 0 Å². The second kappa shape index (κ2) is 16.8. The summed E-state index contributed by atoms with van der Waals surface area (Å²) in [5, 5.41) is 34.5. The van der Waals surface area contributed by atoms with Gasteiger partial charge >= 0.3 is 156 Å². The molecule has 0 aromatic carbocycles. The molecule has 13 heteroatoms. The Hall–Kier alpha value is 1.77. The Morgan fingerprint density at radius 1 is 0.889 bits per heavy atom. The normalized spacial score (nSPS) is 11.1. The zero-order valence-electron chi connectivity index (χ0n) is 9.56. The van der Waals surface area contributed by atoms with Gasteiger partial charge in [0, 0.05) is 0 Å². The van der Waals surface area contributed by atoms with Crippen molar-refractivity contribution in [3.05, 3.63) is 0 Å². The van der Waals surface area contributed by atoms with E-state index in [0.717, 1.165) is 0 Å². The molecule has 2 atom stereocenters. The van der Waals surface area contributed by atoms with E-state index < -0.39 is 30.3 Å². The first-order valence-electron chi connectivity index (χ1n) is 3.33. The Labute approximate surface area is 174 Å². The fourth-order valence-electron chi connectivity index (χ4n) is 0.397. The molecule has 2 N–H and O–H groups in total. The molecule has 0 aromatic heterocycles. The number of aliphatic hydroxyl groups is 2. The number of hydrogen-bond donors (Lipinski definition) is 2. The van der Waals surface area contributed by atoms with Gasteiger partial charge in [-0.25, -0.2) is 0 Å². The summed E-state index contributed by atoms with van der Waals surface area (Å²) >= 11 is 0.318. The standard InChI is InChI=1S/C4H6O6.CH2O3.2Na.2Sb.4H/c5-1(3(7)8)2(6)4(9)10;2-1(3)4;;;;;;;;/h1-2,5-6H,(H,7,8)(H,9,10);(H2,2,3,4);;;;;;;;/q;;4*+1;;;;/p-4. The Morgan fingerprint density at radius 3 is 1.17 bits per heavy atom. The molecule has 0 saturated carbocycles. The fraction of sp³-hybridized carbons (Fsp3) is 0.400. The topological polar surface area (TPSA) is 156 Å². The predicted molar refractivity (Wildman–Crippen MR) is 46.7 cm³/mol. The summed E-state index contributed by atoms with van der Waals surface area (Å²) in [5.41, 5.74) is 0. The molecule has 0 aliphatic heterocycles. The van der Waals surface area contributed by atoms with Crippen LogP contribution >= 0.6 is 0 Å². The third-order valence-corrected chi connectivity index (χ3v) is 2.34. The van der Waals surface area contributed by atoms with Gasteiger partial charge in [0.25, 0.3) is 0 Å². The van der Waals surface area contributed by atoms with E-state index in [9.17, 15) is 9.59 Å². The predicted octanol–water partition coefficient (Wildman–Crippen LogP) is -12.5. The molecular weight excluding hydrogens is 494 g/mol. The maximum absolute atomic E-state index is 10.6. The number of carboxylic acid groups (broad SMARTS) is 2. The average molecular weight is 502 g/mol. The largest absolute Gasteiger partial charge is 1.00 e. The van der Waals surface area contributed by atoms with Crippen molar-refractivity contribution in [3.63, 3.8) is 0 Å². The van der Waals surface area contributed by atoms with Crippen molar-refractivity contribution in [2.75, 3.05) is 0 Å². The van der Waals surface area contributed by atoms with Gasteiger partial charge in [0.1, 0.15) is 0 Å². The van der Waals surface area contributed by atoms with Gasteiger partial charge in [-0.2, -0.15) is 0 Å². The minimum atomic E-state index is -2.33. The van der Waals surface area contributed by atoms with E-state index in [1.165, 1.54) is 0 Å². The number of aliphatic hydroxyl groups excluding tert-OH is 2. The number of rotatable bonds is 3. The van der Waals surface area contributed by atoms with Gasteiger partial charge in [0.2, 0.25) is 0 Å². The smallest absolute Gasteiger partial charge is 1.00 e. The van der Waals surface area contributed by atoms with Crippen LogP contribution in [-0.2, 0) is 15.6 Å². The van der Waals surface area contributed by atoms with E-state index in [2.05, 4.69) is 6.03 Å². The third-order valence-electron chi connectivity index (χ3n) is 1.01. The van der Waals surface area contributed by atoms with Crippen LogP contribution in [0.2, 0.25) is 0 Å². The van der Waals surface area contributed by atoms with E-state index >= 15 is 0 Å². The van der Waals surface area contributed by atoms with Crippen LogP contribution in [0.25, 0.3) is 0 Å². The summed E-state index contributed by atoms with van der Waals surface area (Å²) in [6, 6.07) is 0. The summed E-state index contributed by atoms with van der Waals surface area (Å²) in [5.74, 6) is -2.04. The zero-order valence-corrected chi connectivity index (χ0v) is 20.2. The van der Waals surface area contributed by atoms with Crippen LogP contribution in [0.4, 0.5) is 4.79 Å². The van der Waals surface area contributed by atoms with Crippen LogP contribution in [-0.4, -0.2) is 87.4 Å². The van der Waals surface area contributed by atoms with Crippen LogP contribution in [0.3, 0.4) is 0 Å². The Morgan fingerprint density at radius 2 is 1.06 bits per heavy atom. The number of carbonyl (C=O) groups is 3. The summed E-state index contributed by atoms with van der Waals surface area (Å²) in [6.45, 7) is 0. The molecule has 0 saturated heterocycles. The molecule has 0 heterocycles. The third kappa shape index (κ3) is 15.8. The van der Waals surface area contributed by atoms with Crippen LogP contribution in [0, 0.1) is 0 Å². The van der Waals surface area contributed by atoms with Crippen LogP contribution in [0.5, 0.6) is 0 Å². The molecule has 0 rings (SSSR count). The maximum atomic E-state index is 10.6. The monoisotopic (exact) mass is 500 g/mol. The molecule has 0 aromatic rings. The molecule has 18 heavy (non-hydrogen) atoms. The van der Waals surface area contributed by atoms with Crippen molar-refractivity contribution in [2.24, 2.45) is 0 Å². The summed E-state index contributed by atoms with van der Waals surface area (Å²) in [6.07, 6.45) is -6.03. The van der Waals surface area contributed by atoms with E-state index in [0.29, 0.717) is 0 Å². The SMILES string of the molecule is O=C([O-])[O-].O=C([O][SbH2])C(O)C(O)C(=O)[O][SbH2].[Na+].[Na+]. The summed E-state index contributed by atoms with van der Waals surface area (Å²) in [4.78, 5) is 29.5. The van der Waals surface area contributed by atoms with Crippen molar-refractivity contribution in [2.45, 2.75) is 12.2 Å². The molecule has 0 aliphatic rings. The van der Waals surface area contributed by atoms with Crippen molar-refractivity contribution in [3.8, 4) is 0 Å². The molecule has 0 radical (unpaired) electrons. The van der Waals surface area contributed by atoms with E-state index in [-0.39, 0.29) is 106 Å². The van der Waals surface area contributed by atoms with Crippen LogP contribution in [0.15, 0.2) is 0 Å². The molecule has 0 bridgehead atoms. The summed E-state index contributed by atoms with van der Waals surface area (Å²) in [7, 11) is 0. The molecule has 0 fully saturated rings. The molecule has 0 aliphatic carbocycles. The first-order chi connectivity index (χ1) is 7.27. The molecule has 0 spiro atoms. The quantitative estimate of drug-likeness (QED) is 0.359. The van der Waals surface area contributed by atoms with Crippen LogP contribution < -0.4 is 69.3 Å². The Bertz CT molecular complexity index is 239. The molecular formula is C5H8Na2O9Sb2. The minimum Gasteiger partial charge on any atom is 1.00 e. The molecule has 2 unspecified atom stereocenters. The van der Waals surface area contributed by atoms with E-state index in [1.54, 1.807) is 0 Å². The first-order valence-corrected chi connectivity index (χ1v) is 6.02. The van der Waals surface area contributed by atoms with Crippen molar-refractivity contribution in [1.29, 1.82) is 0 Å². The van der Waals surface area contributed by atoms with E-state index in [1.807, 2.05) is 0 Å². The first kappa shape index (κ1) is 28.0. The number of carbonyl (C=O) groups excluding carboxylic acids is 3. The van der Waals surface area contributed by atoms with Gasteiger partial charge in [-0.05, 0) is 6.16 Å². The minimum absolute atomic E-state index is 0. The van der Waals surface area contributed by atoms with E-state index in [4.69, 9.17) is 25.2 Å². The second-order valence-corrected chi connectivity index (χ2v) is 3.36. The molecule has 9 nitrogen and oxygen atoms in total. The van der Waals surface area contributed by atoms with Crippen molar-refractivity contribution in [1.82, 2.24) is 0 Å². The van der Waals surface area contributed by atoms with Gasteiger partial charge < -0.3 is 15.0 Å². The second-order valence-electron chi connectivity index (χ2n) is 2.01.